The summed E-state index contributed by atoms with van der Waals surface area (Å²) in [5.41, 5.74) is 0.834. The van der Waals surface area contributed by atoms with E-state index < -0.39 is 0 Å². The summed E-state index contributed by atoms with van der Waals surface area (Å²) >= 11 is 17.6. The zero-order valence-electron chi connectivity index (χ0n) is 6.28. The first-order valence-electron chi connectivity index (χ1n) is 3.40. The predicted molar refractivity (Wildman–Crippen MR) is 55.4 cm³/mol. The fourth-order valence-corrected chi connectivity index (χ4v) is 1.60. The van der Waals surface area contributed by atoms with Crippen LogP contribution in [0.2, 0.25) is 15.1 Å². The monoisotopic (exact) mass is 220 g/mol. The van der Waals surface area contributed by atoms with Crippen LogP contribution in [0.25, 0.3) is 0 Å². The van der Waals surface area contributed by atoms with Crippen LogP contribution in [0.3, 0.4) is 0 Å². The third-order valence-corrected chi connectivity index (χ3v) is 2.68. The van der Waals surface area contributed by atoms with Crippen LogP contribution in [0.1, 0.15) is 5.56 Å². The molecule has 0 spiro atoms. The molecule has 0 saturated carbocycles. The maximum atomic E-state index is 5.91. The molecule has 0 N–H and O–H groups in total. The van der Waals surface area contributed by atoms with E-state index >= 15 is 0 Å². The Morgan fingerprint density at radius 2 is 1.75 bits per heavy atom. The normalized spacial score (nSPS) is 9.92. The summed E-state index contributed by atoms with van der Waals surface area (Å²) in [7, 11) is 0. The Bertz CT molecular complexity index is 305. The molecular formula is C9H7Cl3. The minimum atomic E-state index is 0.518. The maximum Gasteiger partial charge on any atom is 0.0642 e. The van der Waals surface area contributed by atoms with Gasteiger partial charge in [-0.25, -0.2) is 0 Å². The lowest BCUT2D eigenvalue weighted by molar-refractivity contribution is 1.28. The summed E-state index contributed by atoms with van der Waals surface area (Å²) in [6, 6.07) is 3.41. The molecule has 0 fully saturated rings. The van der Waals surface area contributed by atoms with E-state index in [1.165, 1.54) is 0 Å². The van der Waals surface area contributed by atoms with E-state index in [2.05, 4.69) is 6.58 Å². The predicted octanol–water partition coefficient (Wildman–Crippen LogP) is 4.38. The molecule has 0 aliphatic carbocycles. The van der Waals surface area contributed by atoms with Crippen LogP contribution >= 0.6 is 34.8 Å². The smallest absolute Gasteiger partial charge is 0.0642 e. The molecular weight excluding hydrogens is 214 g/mol. The van der Waals surface area contributed by atoms with Gasteiger partial charge in [0.1, 0.15) is 0 Å². The molecule has 0 aliphatic rings. The molecule has 3 heteroatoms. The Kier molecular flexibility index (Phi) is 3.45. The minimum absolute atomic E-state index is 0.518. The molecule has 0 atom stereocenters. The van der Waals surface area contributed by atoms with Gasteiger partial charge in [0.25, 0.3) is 0 Å². The van der Waals surface area contributed by atoms with E-state index in [1.807, 2.05) is 0 Å². The van der Waals surface area contributed by atoms with Crippen LogP contribution in [0.5, 0.6) is 0 Å². The van der Waals surface area contributed by atoms with Crippen molar-refractivity contribution < 1.29 is 0 Å². The number of hydrogen-bond donors (Lipinski definition) is 0. The molecule has 0 heterocycles. The van der Waals surface area contributed by atoms with E-state index in [0.29, 0.717) is 21.5 Å². The van der Waals surface area contributed by atoms with Crippen LogP contribution in [0.4, 0.5) is 0 Å². The van der Waals surface area contributed by atoms with E-state index in [-0.39, 0.29) is 0 Å². The van der Waals surface area contributed by atoms with Crippen LogP contribution in [-0.4, -0.2) is 0 Å². The average molecular weight is 222 g/mol. The summed E-state index contributed by atoms with van der Waals surface area (Å²) in [6.45, 7) is 3.61. The zero-order valence-corrected chi connectivity index (χ0v) is 8.55. The zero-order chi connectivity index (χ0) is 9.14. The molecule has 64 valence electrons. The Hall–Kier alpha value is -0.170. The van der Waals surface area contributed by atoms with Crippen molar-refractivity contribution in [3.63, 3.8) is 0 Å². The van der Waals surface area contributed by atoms with Gasteiger partial charge >= 0.3 is 0 Å². The third kappa shape index (κ3) is 1.95. The van der Waals surface area contributed by atoms with Crippen molar-refractivity contribution in [2.45, 2.75) is 6.42 Å². The van der Waals surface area contributed by atoms with Gasteiger partial charge in [0.05, 0.1) is 10.0 Å². The minimum Gasteiger partial charge on any atom is -0.103 e. The first kappa shape index (κ1) is 9.91. The first-order chi connectivity index (χ1) is 5.66. The van der Waals surface area contributed by atoms with Crippen molar-refractivity contribution in [3.8, 4) is 0 Å². The lowest BCUT2D eigenvalue weighted by Crippen LogP contribution is -1.85. The van der Waals surface area contributed by atoms with Crippen molar-refractivity contribution in [3.05, 3.63) is 45.4 Å². The van der Waals surface area contributed by atoms with Gasteiger partial charge in [0.15, 0.2) is 0 Å². The van der Waals surface area contributed by atoms with Crippen molar-refractivity contribution in [1.29, 1.82) is 0 Å². The average Bonchev–Trinajstić information content (AvgIpc) is 2.06. The molecule has 0 aliphatic heterocycles. The van der Waals surface area contributed by atoms with E-state index in [4.69, 9.17) is 34.8 Å². The Balaban J connectivity index is 3.22. The van der Waals surface area contributed by atoms with Crippen molar-refractivity contribution >= 4 is 34.8 Å². The van der Waals surface area contributed by atoms with E-state index in [1.54, 1.807) is 18.2 Å². The molecule has 0 unspecified atom stereocenters. The molecule has 1 rings (SSSR count). The number of benzene rings is 1. The number of hydrogen-bond acceptors (Lipinski definition) is 0. The third-order valence-electron chi connectivity index (χ3n) is 1.49. The molecule has 0 nitrogen and oxygen atoms in total. The summed E-state index contributed by atoms with van der Waals surface area (Å²) in [5.74, 6) is 0. The van der Waals surface area contributed by atoms with Crippen LogP contribution in [0.15, 0.2) is 24.8 Å². The van der Waals surface area contributed by atoms with Gasteiger partial charge in [-0.2, -0.15) is 0 Å². The van der Waals surface area contributed by atoms with Gasteiger partial charge < -0.3 is 0 Å². The summed E-state index contributed by atoms with van der Waals surface area (Å²) in [6.07, 6.45) is 2.38. The molecule has 0 amide bonds. The molecule has 0 radical (unpaired) electrons. The van der Waals surface area contributed by atoms with Gasteiger partial charge in [-0.05, 0) is 24.1 Å². The fraction of sp³-hybridized carbons (Fsp3) is 0.111. The van der Waals surface area contributed by atoms with E-state index in [0.717, 1.165) is 5.56 Å². The Morgan fingerprint density at radius 1 is 1.17 bits per heavy atom. The van der Waals surface area contributed by atoms with Crippen LogP contribution in [0, 0.1) is 0 Å². The van der Waals surface area contributed by atoms with Crippen molar-refractivity contribution in [2.24, 2.45) is 0 Å². The maximum absolute atomic E-state index is 5.91. The SMILES string of the molecule is C=CCc1c(Cl)ccc(Cl)c1Cl. The van der Waals surface area contributed by atoms with Crippen LogP contribution < -0.4 is 0 Å². The second-order valence-electron chi connectivity index (χ2n) is 2.31. The van der Waals surface area contributed by atoms with Gasteiger partial charge in [-0.1, -0.05) is 40.9 Å². The fourth-order valence-electron chi connectivity index (χ4n) is 0.901. The summed E-state index contributed by atoms with van der Waals surface area (Å²) in [5, 5.41) is 1.67. The number of rotatable bonds is 2. The second kappa shape index (κ2) is 4.18. The molecule has 0 bridgehead atoms. The van der Waals surface area contributed by atoms with Gasteiger partial charge in [-0.15, -0.1) is 6.58 Å². The molecule has 1 aromatic carbocycles. The highest BCUT2D eigenvalue weighted by molar-refractivity contribution is 6.44. The second-order valence-corrected chi connectivity index (χ2v) is 3.51. The topological polar surface area (TPSA) is 0 Å². The highest BCUT2D eigenvalue weighted by Crippen LogP contribution is 2.31. The van der Waals surface area contributed by atoms with Gasteiger partial charge in [-0.3, -0.25) is 0 Å². The van der Waals surface area contributed by atoms with Gasteiger partial charge in [0.2, 0.25) is 0 Å². The van der Waals surface area contributed by atoms with Crippen molar-refractivity contribution in [2.75, 3.05) is 0 Å². The standard InChI is InChI=1S/C9H7Cl3/c1-2-3-6-7(10)4-5-8(11)9(6)12/h2,4-5H,1,3H2. The van der Waals surface area contributed by atoms with Crippen LogP contribution in [-0.2, 0) is 6.42 Å². The first-order valence-corrected chi connectivity index (χ1v) is 4.53. The summed E-state index contributed by atoms with van der Waals surface area (Å²) in [4.78, 5) is 0. The van der Waals surface area contributed by atoms with Crippen molar-refractivity contribution in [1.82, 2.24) is 0 Å². The number of allylic oxidation sites excluding steroid dienone is 1. The quantitative estimate of drug-likeness (QED) is 0.514. The lowest BCUT2D eigenvalue weighted by Gasteiger charge is -2.04. The summed E-state index contributed by atoms with van der Waals surface area (Å²) < 4.78 is 0. The Labute approximate surface area is 86.7 Å². The Morgan fingerprint density at radius 3 is 2.33 bits per heavy atom. The molecule has 0 saturated heterocycles. The largest absolute Gasteiger partial charge is 0.103 e. The number of halogens is 3. The lowest BCUT2D eigenvalue weighted by atomic mass is 10.1. The molecule has 1 aromatic rings. The highest BCUT2D eigenvalue weighted by atomic mass is 35.5. The molecule has 12 heavy (non-hydrogen) atoms. The molecule has 0 aromatic heterocycles. The highest BCUT2D eigenvalue weighted by Gasteiger charge is 2.07. The van der Waals surface area contributed by atoms with E-state index in [9.17, 15) is 0 Å². The van der Waals surface area contributed by atoms with Gasteiger partial charge in [0, 0.05) is 5.02 Å².